The van der Waals surface area contributed by atoms with E-state index in [1.165, 1.54) is 22.6 Å². The topological polar surface area (TPSA) is 71.1 Å². The molecule has 7 nitrogen and oxygen atoms in total. The Morgan fingerprint density at radius 3 is 2.54 bits per heavy atom. The molecule has 1 heterocycles. The van der Waals surface area contributed by atoms with Crippen molar-refractivity contribution in [1.82, 2.24) is 4.90 Å². The van der Waals surface area contributed by atoms with Crippen LogP contribution in [0.25, 0.3) is 0 Å². The molecule has 1 fully saturated rings. The molecule has 8 heteroatoms. The molecule has 0 bridgehead atoms. The first-order chi connectivity index (χ1) is 13.3. The largest absolute Gasteiger partial charge is 0.377 e. The number of benzene rings is 2. The van der Waals surface area contributed by atoms with E-state index in [1.54, 1.807) is 15.9 Å². The summed E-state index contributed by atoms with van der Waals surface area (Å²) in [5, 5.41) is 11.9. The van der Waals surface area contributed by atoms with E-state index >= 15 is 0 Å². The number of nitrogens with zero attached hydrogens (tertiary/aromatic N) is 3. The van der Waals surface area contributed by atoms with Gasteiger partial charge in [0.15, 0.2) is 0 Å². The van der Waals surface area contributed by atoms with E-state index in [4.69, 9.17) is 11.6 Å². The highest BCUT2D eigenvalue weighted by atomic mass is 35.5. The van der Waals surface area contributed by atoms with Gasteiger partial charge in [0.2, 0.25) is 0 Å². The molecule has 1 aliphatic rings. The highest BCUT2D eigenvalue weighted by Crippen LogP contribution is 2.25. The maximum Gasteiger partial charge on any atom is 0.270 e. The lowest BCUT2D eigenvalue weighted by Gasteiger charge is -2.33. The Bertz CT molecular complexity index is 880. The van der Waals surface area contributed by atoms with Crippen molar-refractivity contribution < 1.29 is 14.6 Å². The number of hydrogen-bond acceptors (Lipinski definition) is 4. The van der Waals surface area contributed by atoms with E-state index in [1.807, 2.05) is 32.3 Å². The maximum absolute atomic E-state index is 13.1. The van der Waals surface area contributed by atoms with E-state index in [0.717, 1.165) is 24.7 Å². The first-order valence-corrected chi connectivity index (χ1v) is 9.56. The molecular formula is C20H24ClN4O3+. The fourth-order valence-corrected chi connectivity index (χ4v) is 3.72. The van der Waals surface area contributed by atoms with Gasteiger partial charge in [-0.2, -0.15) is 0 Å². The number of nitro groups is 1. The average Bonchev–Trinajstić information content (AvgIpc) is 2.67. The van der Waals surface area contributed by atoms with E-state index < -0.39 is 4.92 Å². The SMILES string of the molecule is CN(C)c1ccc([N+](=O)[O-])cc1C(=O)N1CC[NH+](Cc2cccc(Cl)c2)CC1. The fourth-order valence-electron chi connectivity index (χ4n) is 3.51. The molecule has 1 saturated heterocycles. The molecule has 0 spiro atoms. The zero-order chi connectivity index (χ0) is 20.3. The normalized spacial score (nSPS) is 14.8. The van der Waals surface area contributed by atoms with E-state index in [2.05, 4.69) is 6.07 Å². The second kappa shape index (κ2) is 8.58. The number of carbonyl (C=O) groups is 1. The minimum atomic E-state index is -0.469. The summed E-state index contributed by atoms with van der Waals surface area (Å²) in [6.07, 6.45) is 0. The quantitative estimate of drug-likeness (QED) is 0.611. The third kappa shape index (κ3) is 4.61. The molecule has 148 valence electrons. The summed E-state index contributed by atoms with van der Waals surface area (Å²) >= 11 is 6.06. The number of non-ortho nitro benzene ring substituents is 1. The molecule has 2 aromatic rings. The van der Waals surface area contributed by atoms with Crippen molar-refractivity contribution in [3.63, 3.8) is 0 Å². The van der Waals surface area contributed by atoms with Crippen molar-refractivity contribution in [1.29, 1.82) is 0 Å². The number of anilines is 1. The highest BCUT2D eigenvalue weighted by molar-refractivity contribution is 6.30. The van der Waals surface area contributed by atoms with Gasteiger partial charge < -0.3 is 14.7 Å². The Hall–Kier alpha value is -2.64. The number of piperazine rings is 1. The third-order valence-electron chi connectivity index (χ3n) is 5.00. The van der Waals surface area contributed by atoms with Gasteiger partial charge in [0.05, 0.1) is 36.7 Å². The monoisotopic (exact) mass is 403 g/mol. The Kier molecular flexibility index (Phi) is 6.16. The number of rotatable bonds is 5. The Labute approximate surface area is 169 Å². The number of quaternary nitrogens is 1. The molecule has 2 aromatic carbocycles. The molecule has 0 radical (unpaired) electrons. The number of nitro benzene ring substituents is 1. The van der Waals surface area contributed by atoms with Gasteiger partial charge in [0, 0.05) is 42.5 Å². The number of carbonyl (C=O) groups excluding carboxylic acids is 1. The number of amides is 1. The third-order valence-corrected chi connectivity index (χ3v) is 5.24. The molecular weight excluding hydrogens is 380 g/mol. The number of halogens is 1. The lowest BCUT2D eigenvalue weighted by molar-refractivity contribution is -0.917. The van der Waals surface area contributed by atoms with Crippen LogP contribution < -0.4 is 9.80 Å². The van der Waals surface area contributed by atoms with Crippen LogP contribution in [0.15, 0.2) is 42.5 Å². The van der Waals surface area contributed by atoms with Crippen molar-refractivity contribution in [3.05, 3.63) is 68.7 Å². The van der Waals surface area contributed by atoms with Gasteiger partial charge in [0.1, 0.15) is 6.54 Å². The molecule has 3 rings (SSSR count). The zero-order valence-corrected chi connectivity index (χ0v) is 16.8. The predicted molar refractivity (Wildman–Crippen MR) is 109 cm³/mol. The highest BCUT2D eigenvalue weighted by Gasteiger charge is 2.27. The van der Waals surface area contributed by atoms with Gasteiger partial charge in [-0.3, -0.25) is 14.9 Å². The van der Waals surface area contributed by atoms with Crippen molar-refractivity contribution in [3.8, 4) is 0 Å². The lowest BCUT2D eigenvalue weighted by atomic mass is 10.1. The zero-order valence-electron chi connectivity index (χ0n) is 16.0. The first kappa shape index (κ1) is 20.1. The molecule has 0 atom stereocenters. The molecule has 0 saturated carbocycles. The van der Waals surface area contributed by atoms with Crippen LogP contribution in [0.5, 0.6) is 0 Å². The van der Waals surface area contributed by atoms with Crippen molar-refractivity contribution in [2.24, 2.45) is 0 Å². The van der Waals surface area contributed by atoms with Crippen molar-refractivity contribution in [2.75, 3.05) is 45.2 Å². The summed E-state index contributed by atoms with van der Waals surface area (Å²) in [7, 11) is 3.65. The Morgan fingerprint density at radius 2 is 1.93 bits per heavy atom. The van der Waals surface area contributed by atoms with Gasteiger partial charge in [0.25, 0.3) is 11.6 Å². The van der Waals surface area contributed by atoms with Crippen LogP contribution in [0.2, 0.25) is 5.02 Å². The summed E-state index contributed by atoms with van der Waals surface area (Å²) in [4.78, 5) is 28.7. The maximum atomic E-state index is 13.1. The Morgan fingerprint density at radius 1 is 1.21 bits per heavy atom. The van der Waals surface area contributed by atoms with E-state index in [-0.39, 0.29) is 11.6 Å². The second-order valence-corrected chi connectivity index (χ2v) is 7.64. The smallest absolute Gasteiger partial charge is 0.270 e. The van der Waals surface area contributed by atoms with Crippen LogP contribution in [0.3, 0.4) is 0 Å². The molecule has 0 unspecified atom stereocenters. The van der Waals surface area contributed by atoms with Gasteiger partial charge in [-0.05, 0) is 18.2 Å². The van der Waals surface area contributed by atoms with E-state index in [0.29, 0.717) is 24.3 Å². The molecule has 1 N–H and O–H groups in total. The van der Waals surface area contributed by atoms with Crippen molar-refractivity contribution in [2.45, 2.75) is 6.54 Å². The van der Waals surface area contributed by atoms with Crippen LogP contribution in [0, 0.1) is 10.1 Å². The van der Waals surface area contributed by atoms with Crippen LogP contribution in [-0.4, -0.2) is 56.0 Å². The van der Waals surface area contributed by atoms with Crippen molar-refractivity contribution >= 4 is 28.9 Å². The van der Waals surface area contributed by atoms with Crippen LogP contribution in [0.1, 0.15) is 15.9 Å². The van der Waals surface area contributed by atoms with Crippen LogP contribution in [0.4, 0.5) is 11.4 Å². The molecule has 0 aromatic heterocycles. The van der Waals surface area contributed by atoms with Gasteiger partial charge >= 0.3 is 0 Å². The van der Waals surface area contributed by atoms with Crippen LogP contribution in [-0.2, 0) is 6.54 Å². The van der Waals surface area contributed by atoms with E-state index in [9.17, 15) is 14.9 Å². The minimum Gasteiger partial charge on any atom is -0.377 e. The van der Waals surface area contributed by atoms with Crippen LogP contribution >= 0.6 is 11.6 Å². The Balaban J connectivity index is 1.69. The first-order valence-electron chi connectivity index (χ1n) is 9.18. The minimum absolute atomic E-state index is 0.0702. The standard InChI is InChI=1S/C20H23ClN4O3/c1-22(2)19-7-6-17(25(27)28)13-18(19)20(26)24-10-8-23(9-11-24)14-15-4-3-5-16(21)12-15/h3-7,12-13H,8-11,14H2,1-2H3/p+1. The number of nitrogens with one attached hydrogen (secondary N) is 1. The summed E-state index contributed by atoms with van der Waals surface area (Å²) in [6, 6.07) is 12.3. The average molecular weight is 404 g/mol. The second-order valence-electron chi connectivity index (χ2n) is 7.20. The van der Waals surface area contributed by atoms with Gasteiger partial charge in [-0.25, -0.2) is 0 Å². The molecule has 28 heavy (non-hydrogen) atoms. The molecule has 1 amide bonds. The molecule has 1 aliphatic heterocycles. The summed E-state index contributed by atoms with van der Waals surface area (Å²) in [5.41, 5.74) is 2.16. The molecule has 0 aliphatic carbocycles. The lowest BCUT2D eigenvalue weighted by Crippen LogP contribution is -3.13. The summed E-state index contributed by atoms with van der Waals surface area (Å²) < 4.78 is 0. The van der Waals surface area contributed by atoms with Gasteiger partial charge in [-0.1, -0.05) is 23.7 Å². The van der Waals surface area contributed by atoms with Gasteiger partial charge in [-0.15, -0.1) is 0 Å². The summed E-state index contributed by atoms with van der Waals surface area (Å²) in [5.74, 6) is -0.158. The fraction of sp³-hybridized carbons (Fsp3) is 0.350. The predicted octanol–water partition coefficient (Wildman–Crippen LogP) is 1.86. The summed E-state index contributed by atoms with van der Waals surface area (Å²) in [6.45, 7) is 3.74. The number of hydrogen-bond donors (Lipinski definition) is 1.